The summed E-state index contributed by atoms with van der Waals surface area (Å²) in [7, 11) is 0. The third kappa shape index (κ3) is 2.29. The lowest BCUT2D eigenvalue weighted by Crippen LogP contribution is -2.03. The average molecular weight is 265 g/mol. The molecule has 1 aromatic carbocycles. The van der Waals surface area contributed by atoms with Gasteiger partial charge in [-0.15, -0.1) is 0 Å². The van der Waals surface area contributed by atoms with Gasteiger partial charge in [-0.1, -0.05) is 18.2 Å². The predicted octanol–water partition coefficient (Wildman–Crippen LogP) is 3.07. The van der Waals surface area contributed by atoms with E-state index in [9.17, 15) is 4.79 Å². The first-order valence-electron chi connectivity index (χ1n) is 6.03. The molecule has 0 spiro atoms. The Morgan fingerprint density at radius 2 is 2.00 bits per heavy atom. The predicted molar refractivity (Wildman–Crippen MR) is 76.2 cm³/mol. The molecule has 5 nitrogen and oxygen atoms in total. The molecule has 2 N–H and O–H groups in total. The van der Waals surface area contributed by atoms with E-state index in [0.717, 1.165) is 16.6 Å². The van der Waals surface area contributed by atoms with Crippen molar-refractivity contribution < 1.29 is 9.90 Å². The van der Waals surface area contributed by atoms with Crippen LogP contribution in [0.3, 0.4) is 0 Å². The first-order valence-corrected chi connectivity index (χ1v) is 6.03. The fourth-order valence-electron chi connectivity index (χ4n) is 1.98. The van der Waals surface area contributed by atoms with Crippen molar-refractivity contribution in [3.05, 3.63) is 60.6 Å². The lowest BCUT2D eigenvalue weighted by Gasteiger charge is -2.09. The van der Waals surface area contributed by atoms with Crippen LogP contribution in [0.5, 0.6) is 0 Å². The fourth-order valence-corrected chi connectivity index (χ4v) is 1.98. The van der Waals surface area contributed by atoms with E-state index >= 15 is 0 Å². The maximum Gasteiger partial charge on any atom is 0.337 e. The number of carbonyl (C=O) groups is 1. The van der Waals surface area contributed by atoms with Crippen molar-refractivity contribution >= 4 is 28.2 Å². The number of pyridine rings is 2. The minimum absolute atomic E-state index is 0.174. The molecule has 0 saturated heterocycles. The summed E-state index contributed by atoms with van der Waals surface area (Å²) in [5, 5.41) is 13.2. The number of carboxylic acids is 1. The number of nitrogens with one attached hydrogen (secondary N) is 1. The summed E-state index contributed by atoms with van der Waals surface area (Å²) in [5.41, 5.74) is 2.23. The highest BCUT2D eigenvalue weighted by molar-refractivity contribution is 5.95. The van der Waals surface area contributed by atoms with Crippen LogP contribution in [0.25, 0.3) is 10.9 Å². The molecule has 0 aliphatic carbocycles. The molecule has 98 valence electrons. The van der Waals surface area contributed by atoms with Crippen molar-refractivity contribution in [1.29, 1.82) is 0 Å². The maximum atomic E-state index is 11.1. The van der Waals surface area contributed by atoms with E-state index < -0.39 is 5.97 Å². The largest absolute Gasteiger partial charge is 0.478 e. The first kappa shape index (κ1) is 12.1. The number of aromatic nitrogens is 2. The Morgan fingerprint density at radius 3 is 2.85 bits per heavy atom. The van der Waals surface area contributed by atoms with Crippen LogP contribution in [0, 0.1) is 0 Å². The second-order valence-electron chi connectivity index (χ2n) is 4.27. The summed E-state index contributed by atoms with van der Waals surface area (Å²) in [5.74, 6) is -0.997. The number of benzene rings is 1. The molecule has 0 atom stereocenters. The molecule has 0 unspecified atom stereocenters. The van der Waals surface area contributed by atoms with E-state index in [1.54, 1.807) is 6.20 Å². The number of hydrogen-bond acceptors (Lipinski definition) is 4. The number of fused-ring (bicyclic) bond motifs is 1. The monoisotopic (exact) mass is 265 g/mol. The van der Waals surface area contributed by atoms with E-state index in [-0.39, 0.29) is 5.56 Å². The minimum Gasteiger partial charge on any atom is -0.478 e. The van der Waals surface area contributed by atoms with Gasteiger partial charge < -0.3 is 10.4 Å². The second-order valence-corrected chi connectivity index (χ2v) is 4.27. The average Bonchev–Trinajstić information content (AvgIpc) is 2.47. The van der Waals surface area contributed by atoms with Gasteiger partial charge in [0, 0.05) is 11.6 Å². The molecule has 0 aliphatic heterocycles. The van der Waals surface area contributed by atoms with Crippen molar-refractivity contribution in [2.75, 3.05) is 5.32 Å². The lowest BCUT2D eigenvalue weighted by atomic mass is 10.2. The van der Waals surface area contributed by atoms with Gasteiger partial charge in [0.1, 0.15) is 0 Å². The number of anilines is 2. The molecule has 2 aromatic heterocycles. The number of para-hydroxylation sites is 1. The van der Waals surface area contributed by atoms with E-state index in [4.69, 9.17) is 5.11 Å². The molecule has 2 heterocycles. The van der Waals surface area contributed by atoms with E-state index in [0.29, 0.717) is 5.69 Å². The van der Waals surface area contributed by atoms with Gasteiger partial charge in [0.15, 0.2) is 0 Å². The van der Waals surface area contributed by atoms with Gasteiger partial charge in [-0.3, -0.25) is 9.97 Å². The summed E-state index contributed by atoms with van der Waals surface area (Å²) >= 11 is 0. The van der Waals surface area contributed by atoms with Crippen LogP contribution in [0.4, 0.5) is 11.4 Å². The van der Waals surface area contributed by atoms with Crippen LogP contribution < -0.4 is 5.32 Å². The Kier molecular flexibility index (Phi) is 3.01. The quantitative estimate of drug-likeness (QED) is 0.761. The molecule has 3 rings (SSSR count). The first-order chi connectivity index (χ1) is 9.74. The summed E-state index contributed by atoms with van der Waals surface area (Å²) in [6.07, 6.45) is 4.60. The summed E-state index contributed by atoms with van der Waals surface area (Å²) in [6.45, 7) is 0. The van der Waals surface area contributed by atoms with Crippen LogP contribution in [0.15, 0.2) is 55.0 Å². The van der Waals surface area contributed by atoms with E-state index in [2.05, 4.69) is 15.3 Å². The zero-order chi connectivity index (χ0) is 13.9. The zero-order valence-electron chi connectivity index (χ0n) is 10.4. The Balaban J connectivity index is 1.99. The Labute approximate surface area is 114 Å². The van der Waals surface area contributed by atoms with Gasteiger partial charge in [-0.05, 0) is 18.2 Å². The summed E-state index contributed by atoms with van der Waals surface area (Å²) in [4.78, 5) is 19.4. The van der Waals surface area contributed by atoms with Crippen molar-refractivity contribution in [2.24, 2.45) is 0 Å². The smallest absolute Gasteiger partial charge is 0.337 e. The molecule has 0 bridgehead atoms. The fraction of sp³-hybridized carbons (Fsp3) is 0. The van der Waals surface area contributed by atoms with Crippen LogP contribution in [-0.2, 0) is 0 Å². The standard InChI is InChI=1S/C15H11N3O2/c19-15(20)12-5-6-16-9-14(12)18-11-7-10-3-1-2-4-13(10)17-8-11/h1-9,18H,(H,19,20). The van der Waals surface area contributed by atoms with Crippen LogP contribution in [-0.4, -0.2) is 21.0 Å². The summed E-state index contributed by atoms with van der Waals surface area (Å²) < 4.78 is 0. The van der Waals surface area contributed by atoms with Gasteiger partial charge >= 0.3 is 5.97 Å². The van der Waals surface area contributed by atoms with Gasteiger partial charge in [0.05, 0.1) is 34.8 Å². The van der Waals surface area contributed by atoms with Crippen LogP contribution in [0.2, 0.25) is 0 Å². The number of rotatable bonds is 3. The highest BCUT2D eigenvalue weighted by Crippen LogP contribution is 2.22. The molecule has 20 heavy (non-hydrogen) atoms. The second kappa shape index (κ2) is 4.97. The molecule has 5 heteroatoms. The molecule has 3 aromatic rings. The zero-order valence-corrected chi connectivity index (χ0v) is 10.4. The molecular weight excluding hydrogens is 254 g/mol. The summed E-state index contributed by atoms with van der Waals surface area (Å²) in [6, 6.07) is 11.1. The maximum absolute atomic E-state index is 11.1. The Hall–Kier alpha value is -2.95. The third-order valence-electron chi connectivity index (χ3n) is 2.92. The van der Waals surface area contributed by atoms with Gasteiger partial charge in [-0.25, -0.2) is 4.79 Å². The minimum atomic E-state index is -0.997. The number of aromatic carboxylic acids is 1. The lowest BCUT2D eigenvalue weighted by molar-refractivity contribution is 0.0698. The molecule has 0 aliphatic rings. The molecule has 0 saturated carbocycles. The SMILES string of the molecule is O=C(O)c1ccncc1Nc1cnc2ccccc2c1. The Morgan fingerprint density at radius 1 is 1.15 bits per heavy atom. The normalized spacial score (nSPS) is 10.4. The van der Waals surface area contributed by atoms with Crippen LogP contribution >= 0.6 is 0 Å². The molecule has 0 radical (unpaired) electrons. The van der Waals surface area contributed by atoms with Crippen LogP contribution in [0.1, 0.15) is 10.4 Å². The topological polar surface area (TPSA) is 75.1 Å². The van der Waals surface area contributed by atoms with E-state index in [1.165, 1.54) is 18.5 Å². The molecule has 0 fully saturated rings. The van der Waals surface area contributed by atoms with Crippen molar-refractivity contribution in [3.63, 3.8) is 0 Å². The number of hydrogen-bond donors (Lipinski definition) is 2. The Bertz CT molecular complexity index is 787. The van der Waals surface area contributed by atoms with Crippen molar-refractivity contribution in [2.45, 2.75) is 0 Å². The number of nitrogens with zero attached hydrogens (tertiary/aromatic N) is 2. The van der Waals surface area contributed by atoms with Crippen molar-refractivity contribution in [3.8, 4) is 0 Å². The molecule has 0 amide bonds. The van der Waals surface area contributed by atoms with Gasteiger partial charge in [0.25, 0.3) is 0 Å². The van der Waals surface area contributed by atoms with E-state index in [1.807, 2.05) is 30.3 Å². The van der Waals surface area contributed by atoms with Gasteiger partial charge in [-0.2, -0.15) is 0 Å². The molecular formula is C15H11N3O2. The highest BCUT2D eigenvalue weighted by Gasteiger charge is 2.09. The number of carboxylic acid groups (broad SMARTS) is 1. The third-order valence-corrected chi connectivity index (χ3v) is 2.92. The van der Waals surface area contributed by atoms with Gasteiger partial charge in [0.2, 0.25) is 0 Å². The van der Waals surface area contributed by atoms with Crippen molar-refractivity contribution in [1.82, 2.24) is 9.97 Å². The highest BCUT2D eigenvalue weighted by atomic mass is 16.4.